The third kappa shape index (κ3) is 3.69. The predicted molar refractivity (Wildman–Crippen MR) is 74.3 cm³/mol. The molecule has 0 unspecified atom stereocenters. The minimum Gasteiger partial charge on any atom is -0.303 e. The Hall–Kier alpha value is -0.0800. The van der Waals surface area contributed by atoms with Gasteiger partial charge in [-0.3, -0.25) is 0 Å². The second kappa shape index (κ2) is 5.71. The molecule has 0 aromatic heterocycles. The standard InChI is InChI=1S/C15H30N2/c1-4-10-17(5-2)14-6-11-16(12-7-14)13-15(3)8-9-15/h14H,4-13H2,1-3H3. The molecule has 0 spiro atoms. The maximum Gasteiger partial charge on any atom is 0.0119 e. The van der Waals surface area contributed by atoms with Gasteiger partial charge >= 0.3 is 0 Å². The van der Waals surface area contributed by atoms with Crippen LogP contribution in [0.2, 0.25) is 0 Å². The lowest BCUT2D eigenvalue weighted by Crippen LogP contribution is -2.46. The van der Waals surface area contributed by atoms with Crippen molar-refractivity contribution in [3.63, 3.8) is 0 Å². The Morgan fingerprint density at radius 3 is 2.29 bits per heavy atom. The highest BCUT2D eigenvalue weighted by molar-refractivity contribution is 4.92. The maximum atomic E-state index is 2.71. The molecule has 0 bridgehead atoms. The Morgan fingerprint density at radius 1 is 1.18 bits per heavy atom. The van der Waals surface area contributed by atoms with Crippen LogP contribution in [0.5, 0.6) is 0 Å². The fourth-order valence-electron chi connectivity index (χ4n) is 3.24. The second-order valence-corrected chi connectivity index (χ2v) is 6.45. The van der Waals surface area contributed by atoms with Crippen molar-refractivity contribution >= 4 is 0 Å². The van der Waals surface area contributed by atoms with Crippen LogP contribution >= 0.6 is 0 Å². The van der Waals surface area contributed by atoms with Crippen LogP contribution in [0.3, 0.4) is 0 Å². The van der Waals surface area contributed by atoms with Gasteiger partial charge in [-0.1, -0.05) is 20.8 Å². The lowest BCUT2D eigenvalue weighted by atomic mass is 10.0. The summed E-state index contributed by atoms with van der Waals surface area (Å²) in [4.78, 5) is 5.40. The third-order valence-electron chi connectivity index (χ3n) is 4.70. The molecule has 1 aliphatic carbocycles. The predicted octanol–water partition coefficient (Wildman–Crippen LogP) is 2.98. The first-order valence-corrected chi connectivity index (χ1v) is 7.63. The van der Waals surface area contributed by atoms with Gasteiger partial charge in [0.25, 0.3) is 0 Å². The second-order valence-electron chi connectivity index (χ2n) is 6.45. The first-order valence-electron chi connectivity index (χ1n) is 7.63. The number of likely N-dealkylation sites (tertiary alicyclic amines) is 1. The molecule has 0 aromatic carbocycles. The molecule has 2 aliphatic rings. The molecule has 0 N–H and O–H groups in total. The Kier molecular flexibility index (Phi) is 4.48. The van der Waals surface area contributed by atoms with E-state index in [9.17, 15) is 0 Å². The van der Waals surface area contributed by atoms with Gasteiger partial charge in [-0.05, 0) is 63.7 Å². The summed E-state index contributed by atoms with van der Waals surface area (Å²) < 4.78 is 0. The van der Waals surface area contributed by atoms with Crippen molar-refractivity contribution in [3.8, 4) is 0 Å². The quantitative estimate of drug-likeness (QED) is 0.702. The van der Waals surface area contributed by atoms with Gasteiger partial charge in [-0.2, -0.15) is 0 Å². The molecular weight excluding hydrogens is 208 g/mol. The Bertz CT molecular complexity index is 227. The van der Waals surface area contributed by atoms with Crippen molar-refractivity contribution in [1.29, 1.82) is 0 Å². The molecule has 1 aliphatic heterocycles. The van der Waals surface area contributed by atoms with E-state index in [1.165, 1.54) is 64.8 Å². The van der Waals surface area contributed by atoms with Gasteiger partial charge in [0.1, 0.15) is 0 Å². The minimum absolute atomic E-state index is 0.695. The van der Waals surface area contributed by atoms with Gasteiger partial charge in [-0.25, -0.2) is 0 Å². The van der Waals surface area contributed by atoms with E-state index < -0.39 is 0 Å². The molecule has 1 heterocycles. The number of hydrogen-bond acceptors (Lipinski definition) is 2. The number of rotatable bonds is 6. The van der Waals surface area contributed by atoms with Gasteiger partial charge in [0.05, 0.1) is 0 Å². The molecule has 0 aromatic rings. The van der Waals surface area contributed by atoms with Gasteiger partial charge < -0.3 is 9.80 Å². The lowest BCUT2D eigenvalue weighted by molar-refractivity contribution is 0.101. The molecule has 17 heavy (non-hydrogen) atoms. The molecule has 1 saturated carbocycles. The van der Waals surface area contributed by atoms with Crippen LogP contribution in [0.25, 0.3) is 0 Å². The van der Waals surface area contributed by atoms with Gasteiger partial charge in [-0.15, -0.1) is 0 Å². The number of hydrogen-bond donors (Lipinski definition) is 0. The van der Waals surface area contributed by atoms with E-state index >= 15 is 0 Å². The summed E-state index contributed by atoms with van der Waals surface area (Å²) in [6.45, 7) is 13.6. The van der Waals surface area contributed by atoms with Crippen LogP contribution in [-0.2, 0) is 0 Å². The van der Waals surface area contributed by atoms with Crippen LogP contribution in [0.4, 0.5) is 0 Å². The molecule has 2 fully saturated rings. The first kappa shape index (κ1) is 13.4. The summed E-state index contributed by atoms with van der Waals surface area (Å²) in [5.41, 5.74) is 0.695. The Morgan fingerprint density at radius 2 is 1.82 bits per heavy atom. The highest BCUT2D eigenvalue weighted by Gasteiger charge is 2.39. The normalized spacial score (nSPS) is 25.4. The zero-order valence-corrected chi connectivity index (χ0v) is 12.0. The summed E-state index contributed by atoms with van der Waals surface area (Å²) in [5, 5.41) is 0. The van der Waals surface area contributed by atoms with E-state index in [1.54, 1.807) is 0 Å². The van der Waals surface area contributed by atoms with E-state index in [1.807, 2.05) is 0 Å². The van der Waals surface area contributed by atoms with Crippen molar-refractivity contribution in [2.24, 2.45) is 5.41 Å². The fourth-order valence-corrected chi connectivity index (χ4v) is 3.24. The summed E-state index contributed by atoms with van der Waals surface area (Å²) in [6.07, 6.45) is 7.01. The molecule has 1 saturated heterocycles. The Labute approximate surface area is 107 Å². The first-order chi connectivity index (χ1) is 8.17. The van der Waals surface area contributed by atoms with Crippen molar-refractivity contribution in [2.75, 3.05) is 32.7 Å². The highest BCUT2D eigenvalue weighted by atomic mass is 15.2. The largest absolute Gasteiger partial charge is 0.303 e. The van der Waals surface area contributed by atoms with Crippen LogP contribution in [-0.4, -0.2) is 48.6 Å². The number of nitrogens with zero attached hydrogens (tertiary/aromatic N) is 2. The molecule has 2 rings (SSSR count). The van der Waals surface area contributed by atoms with Crippen molar-refractivity contribution in [2.45, 2.75) is 58.9 Å². The molecular formula is C15H30N2. The monoisotopic (exact) mass is 238 g/mol. The van der Waals surface area contributed by atoms with E-state index in [4.69, 9.17) is 0 Å². The smallest absolute Gasteiger partial charge is 0.0119 e. The van der Waals surface area contributed by atoms with Crippen molar-refractivity contribution in [1.82, 2.24) is 9.80 Å². The topological polar surface area (TPSA) is 6.48 Å². The molecule has 0 radical (unpaired) electrons. The van der Waals surface area contributed by atoms with Gasteiger partial charge in [0, 0.05) is 12.6 Å². The number of piperidine rings is 1. The van der Waals surface area contributed by atoms with Crippen LogP contribution in [0.1, 0.15) is 52.9 Å². The lowest BCUT2D eigenvalue weighted by Gasteiger charge is -2.39. The maximum absolute atomic E-state index is 2.71. The highest BCUT2D eigenvalue weighted by Crippen LogP contribution is 2.45. The third-order valence-corrected chi connectivity index (χ3v) is 4.70. The zero-order valence-electron chi connectivity index (χ0n) is 12.0. The van der Waals surface area contributed by atoms with Crippen molar-refractivity contribution < 1.29 is 0 Å². The minimum atomic E-state index is 0.695. The average molecular weight is 238 g/mol. The van der Waals surface area contributed by atoms with E-state index in [2.05, 4.69) is 30.6 Å². The average Bonchev–Trinajstić information content (AvgIpc) is 3.05. The molecule has 2 nitrogen and oxygen atoms in total. The van der Waals surface area contributed by atoms with E-state index in [0.29, 0.717) is 5.41 Å². The molecule has 100 valence electrons. The summed E-state index contributed by atoms with van der Waals surface area (Å²) >= 11 is 0. The Balaban J connectivity index is 1.72. The SMILES string of the molecule is CCCN(CC)C1CCN(CC2(C)CC2)CC1. The zero-order chi connectivity index (χ0) is 12.3. The van der Waals surface area contributed by atoms with Crippen molar-refractivity contribution in [3.05, 3.63) is 0 Å². The van der Waals surface area contributed by atoms with Gasteiger partial charge in [0.15, 0.2) is 0 Å². The van der Waals surface area contributed by atoms with E-state index in [-0.39, 0.29) is 0 Å². The van der Waals surface area contributed by atoms with Crippen LogP contribution in [0.15, 0.2) is 0 Å². The molecule has 2 heteroatoms. The summed E-state index contributed by atoms with van der Waals surface area (Å²) in [5.74, 6) is 0. The fraction of sp³-hybridized carbons (Fsp3) is 1.00. The van der Waals surface area contributed by atoms with Crippen LogP contribution in [0, 0.1) is 5.41 Å². The van der Waals surface area contributed by atoms with E-state index in [0.717, 1.165) is 6.04 Å². The van der Waals surface area contributed by atoms with Crippen LogP contribution < -0.4 is 0 Å². The summed E-state index contributed by atoms with van der Waals surface area (Å²) in [7, 11) is 0. The summed E-state index contributed by atoms with van der Waals surface area (Å²) in [6, 6.07) is 0.864. The van der Waals surface area contributed by atoms with Gasteiger partial charge in [0.2, 0.25) is 0 Å². The molecule has 0 atom stereocenters. The molecule has 0 amide bonds.